The molecule has 1 saturated carbocycles. The molecule has 1 aromatic carbocycles. The minimum atomic E-state index is -0.890. The van der Waals surface area contributed by atoms with Crippen LogP contribution in [0.3, 0.4) is 0 Å². The second kappa shape index (κ2) is 6.75. The first-order chi connectivity index (χ1) is 9.95. The van der Waals surface area contributed by atoms with E-state index in [0.717, 1.165) is 19.3 Å². The van der Waals surface area contributed by atoms with E-state index in [1.54, 1.807) is 0 Å². The Hall–Kier alpha value is -1.13. The van der Waals surface area contributed by atoms with Crippen LogP contribution in [0.15, 0.2) is 18.2 Å². The third kappa shape index (κ3) is 3.95. The van der Waals surface area contributed by atoms with Crippen LogP contribution in [0.25, 0.3) is 0 Å². The predicted octanol–water partition coefficient (Wildman–Crippen LogP) is 3.54. The Bertz CT molecular complexity index is 493. The predicted molar refractivity (Wildman–Crippen MR) is 80.9 cm³/mol. The van der Waals surface area contributed by atoms with Gasteiger partial charge in [-0.1, -0.05) is 31.0 Å². The van der Waals surface area contributed by atoms with Gasteiger partial charge in [-0.05, 0) is 43.7 Å². The highest BCUT2D eigenvalue weighted by atomic mass is 35.5. The summed E-state index contributed by atoms with van der Waals surface area (Å²) < 4.78 is 13.7. The van der Waals surface area contributed by atoms with Gasteiger partial charge < -0.3 is 10.4 Å². The third-order valence-electron chi connectivity index (χ3n) is 4.38. The SMILES string of the molecule is CCC1CCC(O)(CNC(=O)c2c(F)cccc2Cl)CC1. The van der Waals surface area contributed by atoms with E-state index in [1.165, 1.54) is 18.2 Å². The Morgan fingerprint density at radius 1 is 1.48 bits per heavy atom. The molecule has 5 heteroatoms. The Morgan fingerprint density at radius 2 is 2.14 bits per heavy atom. The van der Waals surface area contributed by atoms with Crippen molar-refractivity contribution < 1.29 is 14.3 Å². The summed E-state index contributed by atoms with van der Waals surface area (Å²) in [7, 11) is 0. The lowest BCUT2D eigenvalue weighted by atomic mass is 9.78. The third-order valence-corrected chi connectivity index (χ3v) is 4.70. The van der Waals surface area contributed by atoms with Gasteiger partial charge in [0.15, 0.2) is 0 Å². The number of nitrogens with one attached hydrogen (secondary N) is 1. The highest BCUT2D eigenvalue weighted by Crippen LogP contribution is 2.33. The van der Waals surface area contributed by atoms with Crippen molar-refractivity contribution >= 4 is 17.5 Å². The van der Waals surface area contributed by atoms with E-state index in [1.807, 2.05) is 0 Å². The molecule has 0 heterocycles. The number of hydrogen-bond donors (Lipinski definition) is 2. The Balaban J connectivity index is 1.95. The molecule has 2 N–H and O–H groups in total. The van der Waals surface area contributed by atoms with E-state index in [0.29, 0.717) is 18.8 Å². The van der Waals surface area contributed by atoms with Crippen molar-refractivity contribution in [2.45, 2.75) is 44.6 Å². The van der Waals surface area contributed by atoms with Crippen LogP contribution in [0.5, 0.6) is 0 Å². The average Bonchev–Trinajstić information content (AvgIpc) is 2.46. The van der Waals surface area contributed by atoms with Crippen LogP contribution in [-0.2, 0) is 0 Å². The minimum Gasteiger partial charge on any atom is -0.388 e. The normalized spacial score (nSPS) is 25.6. The van der Waals surface area contributed by atoms with Crippen molar-refractivity contribution in [2.75, 3.05) is 6.54 Å². The first kappa shape index (κ1) is 16.2. The Morgan fingerprint density at radius 3 is 2.71 bits per heavy atom. The molecule has 1 aromatic rings. The van der Waals surface area contributed by atoms with Crippen molar-refractivity contribution in [3.8, 4) is 0 Å². The number of carbonyl (C=O) groups excluding carboxylic acids is 1. The van der Waals surface area contributed by atoms with E-state index in [2.05, 4.69) is 12.2 Å². The second-order valence-electron chi connectivity index (χ2n) is 5.86. The summed E-state index contributed by atoms with van der Waals surface area (Å²) in [5.41, 5.74) is -1.05. The fraction of sp³-hybridized carbons (Fsp3) is 0.562. The number of aliphatic hydroxyl groups is 1. The molecule has 21 heavy (non-hydrogen) atoms. The van der Waals surface area contributed by atoms with Crippen molar-refractivity contribution in [1.82, 2.24) is 5.32 Å². The van der Waals surface area contributed by atoms with E-state index in [-0.39, 0.29) is 17.1 Å². The van der Waals surface area contributed by atoms with Crippen molar-refractivity contribution in [2.24, 2.45) is 5.92 Å². The molecule has 0 aliphatic heterocycles. The molecule has 0 spiro atoms. The molecule has 0 radical (unpaired) electrons. The number of carbonyl (C=O) groups is 1. The average molecular weight is 314 g/mol. The highest BCUT2D eigenvalue weighted by molar-refractivity contribution is 6.33. The zero-order valence-corrected chi connectivity index (χ0v) is 12.9. The van der Waals surface area contributed by atoms with Crippen molar-refractivity contribution in [1.29, 1.82) is 0 Å². The lowest BCUT2D eigenvalue weighted by molar-refractivity contribution is -0.00789. The van der Waals surface area contributed by atoms with Gasteiger partial charge in [-0.3, -0.25) is 4.79 Å². The smallest absolute Gasteiger partial charge is 0.255 e. The summed E-state index contributed by atoms with van der Waals surface area (Å²) in [6, 6.07) is 4.12. The highest BCUT2D eigenvalue weighted by Gasteiger charge is 2.33. The largest absolute Gasteiger partial charge is 0.388 e. The van der Waals surface area contributed by atoms with Gasteiger partial charge in [0.05, 0.1) is 16.2 Å². The molecule has 2 rings (SSSR count). The monoisotopic (exact) mass is 313 g/mol. The number of amides is 1. The first-order valence-corrected chi connectivity index (χ1v) is 7.77. The zero-order valence-electron chi connectivity index (χ0n) is 12.2. The zero-order chi connectivity index (χ0) is 15.5. The molecule has 0 bridgehead atoms. The maximum atomic E-state index is 13.7. The molecule has 1 aliphatic rings. The van der Waals surface area contributed by atoms with Crippen LogP contribution in [0.2, 0.25) is 5.02 Å². The van der Waals surface area contributed by atoms with Crippen LogP contribution in [-0.4, -0.2) is 23.2 Å². The lowest BCUT2D eigenvalue weighted by Gasteiger charge is -2.35. The van der Waals surface area contributed by atoms with Crippen molar-refractivity contribution in [3.05, 3.63) is 34.6 Å². The van der Waals surface area contributed by atoms with E-state index >= 15 is 0 Å². The van der Waals surface area contributed by atoms with Crippen LogP contribution >= 0.6 is 11.6 Å². The molecular weight excluding hydrogens is 293 g/mol. The van der Waals surface area contributed by atoms with Gasteiger partial charge in [0.1, 0.15) is 5.82 Å². The summed E-state index contributed by atoms with van der Waals surface area (Å²) in [6.45, 7) is 2.28. The molecule has 116 valence electrons. The molecule has 0 saturated heterocycles. The number of hydrogen-bond acceptors (Lipinski definition) is 2. The number of halogens is 2. The Labute approximate surface area is 129 Å². The van der Waals surface area contributed by atoms with Gasteiger partial charge in [0.2, 0.25) is 0 Å². The van der Waals surface area contributed by atoms with Gasteiger partial charge >= 0.3 is 0 Å². The molecule has 0 unspecified atom stereocenters. The summed E-state index contributed by atoms with van der Waals surface area (Å²) in [4.78, 5) is 12.0. The standard InChI is InChI=1S/C16H21ClFNO2/c1-2-11-6-8-16(21,9-7-11)10-19-15(20)14-12(17)4-3-5-13(14)18/h3-5,11,21H,2,6-10H2,1H3,(H,19,20). The molecule has 0 atom stereocenters. The molecule has 3 nitrogen and oxygen atoms in total. The van der Waals surface area contributed by atoms with Gasteiger partial charge in [0, 0.05) is 6.54 Å². The minimum absolute atomic E-state index is 0.0779. The quantitative estimate of drug-likeness (QED) is 0.893. The van der Waals surface area contributed by atoms with E-state index in [4.69, 9.17) is 11.6 Å². The molecule has 1 amide bonds. The number of benzene rings is 1. The van der Waals surface area contributed by atoms with Crippen LogP contribution in [0.4, 0.5) is 4.39 Å². The van der Waals surface area contributed by atoms with Crippen LogP contribution in [0.1, 0.15) is 49.4 Å². The number of rotatable bonds is 4. The van der Waals surface area contributed by atoms with Gasteiger partial charge in [-0.2, -0.15) is 0 Å². The second-order valence-corrected chi connectivity index (χ2v) is 6.26. The maximum absolute atomic E-state index is 13.7. The molecular formula is C16H21ClFNO2. The Kier molecular flexibility index (Phi) is 5.22. The van der Waals surface area contributed by atoms with Gasteiger partial charge in [0.25, 0.3) is 5.91 Å². The van der Waals surface area contributed by atoms with Gasteiger partial charge in [-0.25, -0.2) is 4.39 Å². The summed E-state index contributed by atoms with van der Waals surface area (Å²) >= 11 is 5.86. The summed E-state index contributed by atoms with van der Waals surface area (Å²) in [5.74, 6) is -0.576. The summed E-state index contributed by atoms with van der Waals surface area (Å²) in [6.07, 6.45) is 4.37. The topological polar surface area (TPSA) is 49.3 Å². The molecule has 1 fully saturated rings. The summed E-state index contributed by atoms with van der Waals surface area (Å²) in [5, 5.41) is 13.2. The van der Waals surface area contributed by atoms with Crippen LogP contribution in [0, 0.1) is 11.7 Å². The molecule has 1 aliphatic carbocycles. The van der Waals surface area contributed by atoms with Crippen LogP contribution < -0.4 is 5.32 Å². The van der Waals surface area contributed by atoms with Crippen molar-refractivity contribution in [3.63, 3.8) is 0 Å². The lowest BCUT2D eigenvalue weighted by Crippen LogP contribution is -2.45. The van der Waals surface area contributed by atoms with E-state index in [9.17, 15) is 14.3 Å². The fourth-order valence-corrected chi connectivity index (χ4v) is 3.10. The van der Waals surface area contributed by atoms with E-state index < -0.39 is 17.3 Å². The van der Waals surface area contributed by atoms with Gasteiger partial charge in [-0.15, -0.1) is 0 Å². The molecule has 0 aromatic heterocycles. The maximum Gasteiger partial charge on any atom is 0.255 e. The first-order valence-electron chi connectivity index (χ1n) is 7.40. The fourth-order valence-electron chi connectivity index (χ4n) is 2.85.